The van der Waals surface area contributed by atoms with Crippen molar-refractivity contribution in [3.63, 3.8) is 0 Å². The predicted molar refractivity (Wildman–Crippen MR) is 76.7 cm³/mol. The fraction of sp³-hybridized carbons (Fsp3) is 0.214. The van der Waals surface area contributed by atoms with E-state index in [1.54, 1.807) is 10.6 Å². The lowest BCUT2D eigenvalue weighted by Gasteiger charge is -2.04. The minimum atomic E-state index is -1.08. The van der Waals surface area contributed by atoms with Crippen LogP contribution in [0.5, 0.6) is 0 Å². The average Bonchev–Trinajstić information content (AvgIpc) is 2.69. The maximum Gasteiger partial charge on any atom is 0.341 e. The first-order valence-electron chi connectivity index (χ1n) is 6.41. The van der Waals surface area contributed by atoms with Crippen LogP contribution in [0.3, 0.4) is 0 Å². The SMILES string of the molecule is CCCn1c(N)c(C(=O)O)c2nc3ccccc3nc21. The van der Waals surface area contributed by atoms with E-state index in [1.807, 2.05) is 25.1 Å². The van der Waals surface area contributed by atoms with Crippen LogP contribution in [-0.2, 0) is 6.54 Å². The summed E-state index contributed by atoms with van der Waals surface area (Å²) >= 11 is 0. The molecule has 3 N–H and O–H groups in total. The zero-order valence-corrected chi connectivity index (χ0v) is 11.0. The van der Waals surface area contributed by atoms with Gasteiger partial charge in [-0.3, -0.25) is 0 Å². The van der Waals surface area contributed by atoms with Gasteiger partial charge in [-0.25, -0.2) is 14.8 Å². The summed E-state index contributed by atoms with van der Waals surface area (Å²) in [5.74, 6) is -0.864. The van der Waals surface area contributed by atoms with Gasteiger partial charge in [0.05, 0.1) is 11.0 Å². The lowest BCUT2D eigenvalue weighted by Crippen LogP contribution is -2.06. The number of hydrogen-bond donors (Lipinski definition) is 2. The van der Waals surface area contributed by atoms with Crippen LogP contribution < -0.4 is 5.73 Å². The normalized spacial score (nSPS) is 11.2. The molecular formula is C14H14N4O2. The van der Waals surface area contributed by atoms with Crippen molar-refractivity contribution in [1.82, 2.24) is 14.5 Å². The van der Waals surface area contributed by atoms with Crippen LogP contribution in [0, 0.1) is 0 Å². The molecule has 0 aliphatic rings. The van der Waals surface area contributed by atoms with Gasteiger partial charge in [0, 0.05) is 6.54 Å². The van der Waals surface area contributed by atoms with Gasteiger partial charge in [-0.05, 0) is 18.6 Å². The highest BCUT2D eigenvalue weighted by Crippen LogP contribution is 2.27. The Hall–Kier alpha value is -2.63. The summed E-state index contributed by atoms with van der Waals surface area (Å²) in [6.07, 6.45) is 0.835. The summed E-state index contributed by atoms with van der Waals surface area (Å²) in [6, 6.07) is 7.37. The van der Waals surface area contributed by atoms with E-state index in [0.29, 0.717) is 23.2 Å². The number of fused-ring (bicyclic) bond motifs is 2. The highest BCUT2D eigenvalue weighted by Gasteiger charge is 2.22. The molecule has 1 aromatic carbocycles. The lowest BCUT2D eigenvalue weighted by atomic mass is 10.2. The van der Waals surface area contributed by atoms with Gasteiger partial charge >= 0.3 is 5.97 Å². The fourth-order valence-corrected chi connectivity index (χ4v) is 2.38. The number of aromatic carboxylic acids is 1. The molecule has 6 heteroatoms. The number of nitrogens with zero attached hydrogens (tertiary/aromatic N) is 3. The number of para-hydroxylation sites is 2. The molecule has 0 aliphatic heterocycles. The number of aromatic nitrogens is 3. The van der Waals surface area contributed by atoms with Crippen LogP contribution >= 0.6 is 0 Å². The third kappa shape index (κ3) is 1.69. The Morgan fingerprint density at radius 1 is 1.30 bits per heavy atom. The molecule has 0 spiro atoms. The van der Waals surface area contributed by atoms with E-state index < -0.39 is 5.97 Å². The maximum absolute atomic E-state index is 11.4. The Labute approximate surface area is 114 Å². The number of carboxylic acids is 1. The van der Waals surface area contributed by atoms with E-state index >= 15 is 0 Å². The lowest BCUT2D eigenvalue weighted by molar-refractivity contribution is 0.0700. The van der Waals surface area contributed by atoms with Crippen molar-refractivity contribution in [2.24, 2.45) is 0 Å². The molecule has 102 valence electrons. The summed E-state index contributed by atoms with van der Waals surface area (Å²) in [4.78, 5) is 20.4. The zero-order chi connectivity index (χ0) is 14.3. The Morgan fingerprint density at radius 3 is 2.55 bits per heavy atom. The number of aryl methyl sites for hydroxylation is 1. The van der Waals surface area contributed by atoms with Crippen LogP contribution in [0.2, 0.25) is 0 Å². The fourth-order valence-electron chi connectivity index (χ4n) is 2.38. The number of carboxylic acid groups (broad SMARTS) is 1. The molecule has 0 unspecified atom stereocenters. The van der Waals surface area contributed by atoms with Crippen LogP contribution in [0.25, 0.3) is 22.2 Å². The second-order valence-corrected chi connectivity index (χ2v) is 4.60. The molecule has 0 saturated carbocycles. The number of anilines is 1. The zero-order valence-electron chi connectivity index (χ0n) is 11.0. The Bertz CT molecular complexity index is 823. The van der Waals surface area contributed by atoms with E-state index in [0.717, 1.165) is 11.9 Å². The topological polar surface area (TPSA) is 94.0 Å². The molecule has 2 heterocycles. The van der Waals surface area contributed by atoms with E-state index in [9.17, 15) is 9.90 Å². The van der Waals surface area contributed by atoms with Crippen molar-refractivity contribution < 1.29 is 9.90 Å². The van der Waals surface area contributed by atoms with Crippen molar-refractivity contribution in [3.05, 3.63) is 29.8 Å². The first-order chi connectivity index (χ1) is 9.63. The third-order valence-electron chi connectivity index (χ3n) is 3.25. The van der Waals surface area contributed by atoms with E-state index in [4.69, 9.17) is 5.73 Å². The highest BCUT2D eigenvalue weighted by molar-refractivity contribution is 6.07. The maximum atomic E-state index is 11.4. The highest BCUT2D eigenvalue weighted by atomic mass is 16.4. The van der Waals surface area contributed by atoms with Crippen LogP contribution in [0.1, 0.15) is 23.7 Å². The number of nitrogen functional groups attached to an aromatic ring is 1. The van der Waals surface area contributed by atoms with Crippen molar-refractivity contribution >= 4 is 34.0 Å². The van der Waals surface area contributed by atoms with Crippen molar-refractivity contribution in [2.45, 2.75) is 19.9 Å². The largest absolute Gasteiger partial charge is 0.477 e. The molecule has 0 atom stereocenters. The Balaban J connectivity index is 2.46. The van der Waals surface area contributed by atoms with Crippen LogP contribution in [0.4, 0.5) is 5.82 Å². The minimum Gasteiger partial charge on any atom is -0.477 e. The summed E-state index contributed by atoms with van der Waals surface area (Å²) in [7, 11) is 0. The molecule has 0 aliphatic carbocycles. The average molecular weight is 270 g/mol. The number of carbonyl (C=O) groups is 1. The number of nitrogens with two attached hydrogens (primary N) is 1. The second kappa shape index (κ2) is 4.48. The van der Waals surface area contributed by atoms with Gasteiger partial charge in [-0.2, -0.15) is 0 Å². The van der Waals surface area contributed by atoms with Crippen molar-refractivity contribution in [2.75, 3.05) is 5.73 Å². The van der Waals surface area contributed by atoms with Gasteiger partial charge in [0.1, 0.15) is 16.9 Å². The summed E-state index contributed by atoms with van der Waals surface area (Å²) < 4.78 is 1.72. The van der Waals surface area contributed by atoms with E-state index in [1.165, 1.54) is 0 Å². The number of hydrogen-bond acceptors (Lipinski definition) is 4. The van der Waals surface area contributed by atoms with E-state index in [-0.39, 0.29) is 11.4 Å². The standard InChI is InChI=1S/C14H14N4O2/c1-2-7-18-12(15)10(14(19)20)11-13(18)17-9-6-4-3-5-8(9)16-11/h3-6H,2,7,15H2,1H3,(H,19,20). The third-order valence-corrected chi connectivity index (χ3v) is 3.25. The molecule has 0 fully saturated rings. The van der Waals surface area contributed by atoms with Gasteiger partial charge in [-0.15, -0.1) is 0 Å². The molecule has 0 saturated heterocycles. The molecule has 2 aromatic heterocycles. The molecule has 3 aromatic rings. The van der Waals surface area contributed by atoms with Crippen LogP contribution in [0.15, 0.2) is 24.3 Å². The minimum absolute atomic E-state index is 0.0340. The first kappa shape index (κ1) is 12.4. The molecular weight excluding hydrogens is 256 g/mol. The predicted octanol–water partition coefficient (Wildman–Crippen LogP) is 2.27. The van der Waals surface area contributed by atoms with Crippen molar-refractivity contribution in [1.29, 1.82) is 0 Å². The Kier molecular flexibility index (Phi) is 2.78. The molecule has 0 bridgehead atoms. The Morgan fingerprint density at radius 2 is 1.95 bits per heavy atom. The van der Waals surface area contributed by atoms with Gasteiger partial charge in [-0.1, -0.05) is 19.1 Å². The van der Waals surface area contributed by atoms with Gasteiger partial charge in [0.2, 0.25) is 0 Å². The first-order valence-corrected chi connectivity index (χ1v) is 6.41. The molecule has 6 nitrogen and oxygen atoms in total. The number of benzene rings is 1. The molecule has 3 rings (SSSR count). The second-order valence-electron chi connectivity index (χ2n) is 4.60. The van der Waals surface area contributed by atoms with Gasteiger partial charge in [0.15, 0.2) is 5.65 Å². The smallest absolute Gasteiger partial charge is 0.341 e. The quantitative estimate of drug-likeness (QED) is 0.761. The summed E-state index contributed by atoms with van der Waals surface area (Å²) in [5.41, 5.74) is 8.27. The number of rotatable bonds is 3. The molecule has 0 radical (unpaired) electrons. The molecule has 0 amide bonds. The van der Waals surface area contributed by atoms with Crippen molar-refractivity contribution in [3.8, 4) is 0 Å². The molecule has 20 heavy (non-hydrogen) atoms. The van der Waals surface area contributed by atoms with E-state index in [2.05, 4.69) is 9.97 Å². The van der Waals surface area contributed by atoms with Crippen LogP contribution in [-0.4, -0.2) is 25.6 Å². The summed E-state index contributed by atoms with van der Waals surface area (Å²) in [5, 5.41) is 9.36. The monoisotopic (exact) mass is 270 g/mol. The van der Waals surface area contributed by atoms with Gasteiger partial charge < -0.3 is 15.4 Å². The van der Waals surface area contributed by atoms with Gasteiger partial charge in [0.25, 0.3) is 0 Å². The summed E-state index contributed by atoms with van der Waals surface area (Å²) in [6.45, 7) is 2.61.